The molecule has 1 aromatic heterocycles. The summed E-state index contributed by atoms with van der Waals surface area (Å²) in [6, 6.07) is 0. The summed E-state index contributed by atoms with van der Waals surface area (Å²) in [5.41, 5.74) is 0.992. The van der Waals surface area contributed by atoms with Gasteiger partial charge in [-0.25, -0.2) is 10.8 Å². The summed E-state index contributed by atoms with van der Waals surface area (Å²) in [6.07, 6.45) is 7.72. The van der Waals surface area contributed by atoms with Crippen LogP contribution in [0, 0.1) is 12.8 Å². The zero-order valence-corrected chi connectivity index (χ0v) is 13.1. The van der Waals surface area contributed by atoms with Crippen LogP contribution in [0.4, 0.5) is 0 Å². The Kier molecular flexibility index (Phi) is 4.10. The molecule has 0 aliphatic carbocycles. The van der Waals surface area contributed by atoms with Gasteiger partial charge in [0.1, 0.15) is 0 Å². The molecule has 0 bridgehead atoms. The second-order valence-corrected chi connectivity index (χ2v) is 2.91. The van der Waals surface area contributed by atoms with E-state index in [0.29, 0.717) is 0 Å². The molecule has 0 radical (unpaired) electrons. The summed E-state index contributed by atoms with van der Waals surface area (Å²) in [4.78, 5) is 4.29. The molecular weight excluding hydrogens is 236 g/mol. The van der Waals surface area contributed by atoms with Gasteiger partial charge in [0.15, 0.2) is 0 Å². The molecule has 62 valence electrons. The molecule has 0 amide bonds. The fraction of sp³-hybridized carbons (Fsp3) is 0.222. The Morgan fingerprint density at radius 1 is 1.46 bits per heavy atom. The first kappa shape index (κ1) is 11.4. The SMILES string of the molecule is Cc1cn2c(n1)C=C[C-](C)C=N2.[Rb+]. The van der Waals surface area contributed by atoms with Crippen LogP contribution in [-0.2, 0) is 0 Å². The number of hydrogen-bond acceptors (Lipinski definition) is 2. The van der Waals surface area contributed by atoms with Gasteiger partial charge in [-0.15, -0.1) is 6.92 Å². The molecule has 1 aliphatic heterocycles. The number of imidazole rings is 1. The Morgan fingerprint density at radius 2 is 2.23 bits per heavy atom. The van der Waals surface area contributed by atoms with E-state index in [0.717, 1.165) is 17.4 Å². The van der Waals surface area contributed by atoms with E-state index >= 15 is 0 Å². The number of aryl methyl sites for hydroxylation is 1. The largest absolute Gasteiger partial charge is 1.00 e. The molecule has 1 aromatic rings. The van der Waals surface area contributed by atoms with Gasteiger partial charge in [-0.2, -0.15) is 17.1 Å². The minimum Gasteiger partial charge on any atom is -0.252 e. The Hall–Kier alpha value is 0.295. The number of nitrogens with zero attached hydrogens (tertiary/aromatic N) is 3. The van der Waals surface area contributed by atoms with Gasteiger partial charge < -0.3 is 0 Å². The zero-order valence-electron chi connectivity index (χ0n) is 8.15. The van der Waals surface area contributed by atoms with E-state index in [2.05, 4.69) is 10.1 Å². The number of rotatable bonds is 0. The average molecular weight is 246 g/mol. The maximum atomic E-state index is 4.29. The Labute approximate surface area is 127 Å². The van der Waals surface area contributed by atoms with Crippen molar-refractivity contribution >= 4 is 12.3 Å². The smallest absolute Gasteiger partial charge is 0.252 e. The van der Waals surface area contributed by atoms with E-state index in [-0.39, 0.29) is 58.2 Å². The fourth-order valence-electron chi connectivity index (χ4n) is 1.11. The van der Waals surface area contributed by atoms with Crippen LogP contribution in [-0.4, -0.2) is 15.9 Å². The summed E-state index contributed by atoms with van der Waals surface area (Å²) < 4.78 is 1.78. The van der Waals surface area contributed by atoms with Crippen LogP contribution in [0.3, 0.4) is 0 Å². The Bertz CT molecular complexity index is 320. The number of fused-ring (bicyclic) bond motifs is 1. The molecule has 0 saturated carbocycles. The van der Waals surface area contributed by atoms with Crippen molar-refractivity contribution in [2.24, 2.45) is 5.10 Å². The standard InChI is InChI=1S/C9H10N3.Rb/c1-7-3-4-9-11-8(2)6-12(9)10-5-7;/h3-6H,1-2H3;/q-1;+1. The molecule has 4 heteroatoms. The maximum Gasteiger partial charge on any atom is 1.00 e. The normalized spacial score (nSPS) is 13.5. The molecule has 2 heterocycles. The molecular formula is C9H10N3Rb. The van der Waals surface area contributed by atoms with Crippen molar-refractivity contribution < 1.29 is 58.2 Å². The average Bonchev–Trinajstić information content (AvgIpc) is 2.31. The van der Waals surface area contributed by atoms with Crippen molar-refractivity contribution in [1.29, 1.82) is 0 Å². The van der Waals surface area contributed by atoms with E-state index in [1.807, 2.05) is 38.4 Å². The van der Waals surface area contributed by atoms with Crippen LogP contribution in [0.1, 0.15) is 18.4 Å². The van der Waals surface area contributed by atoms with E-state index in [4.69, 9.17) is 0 Å². The van der Waals surface area contributed by atoms with Crippen LogP contribution < -0.4 is 58.2 Å². The van der Waals surface area contributed by atoms with Crippen molar-refractivity contribution in [3.8, 4) is 0 Å². The number of hydrogen-bond donors (Lipinski definition) is 0. The third-order valence-corrected chi connectivity index (χ3v) is 1.72. The topological polar surface area (TPSA) is 30.2 Å². The van der Waals surface area contributed by atoms with Gasteiger partial charge in [-0.05, 0) is 13.1 Å². The summed E-state index contributed by atoms with van der Waals surface area (Å²) in [7, 11) is 0. The van der Waals surface area contributed by atoms with Gasteiger partial charge in [0.25, 0.3) is 0 Å². The molecule has 0 atom stereocenters. The molecule has 13 heavy (non-hydrogen) atoms. The number of allylic oxidation sites excluding steroid dienone is 1. The van der Waals surface area contributed by atoms with Gasteiger partial charge in [0.2, 0.25) is 0 Å². The second kappa shape index (κ2) is 4.69. The Morgan fingerprint density at radius 3 is 3.00 bits per heavy atom. The van der Waals surface area contributed by atoms with Crippen LogP contribution in [0.2, 0.25) is 0 Å². The molecule has 0 spiro atoms. The first-order valence-corrected chi connectivity index (χ1v) is 3.88. The summed E-state index contributed by atoms with van der Waals surface area (Å²) >= 11 is 0. The van der Waals surface area contributed by atoms with Gasteiger partial charge in [-0.3, -0.25) is 4.98 Å². The predicted molar refractivity (Wildman–Crippen MR) is 48.8 cm³/mol. The summed E-state index contributed by atoms with van der Waals surface area (Å²) in [5.74, 6) is 2.03. The van der Waals surface area contributed by atoms with E-state index in [9.17, 15) is 0 Å². The van der Waals surface area contributed by atoms with E-state index < -0.39 is 0 Å². The Balaban J connectivity index is 0.000000845. The van der Waals surface area contributed by atoms with Crippen molar-refractivity contribution in [3.63, 3.8) is 0 Å². The minimum atomic E-state index is 0. The summed E-state index contributed by atoms with van der Waals surface area (Å²) in [5, 5.41) is 4.22. The van der Waals surface area contributed by atoms with Gasteiger partial charge in [0, 0.05) is 0 Å². The van der Waals surface area contributed by atoms with Crippen molar-refractivity contribution in [3.05, 3.63) is 29.7 Å². The third kappa shape index (κ3) is 2.62. The van der Waals surface area contributed by atoms with Crippen LogP contribution in [0.15, 0.2) is 17.4 Å². The third-order valence-electron chi connectivity index (χ3n) is 1.72. The van der Waals surface area contributed by atoms with Gasteiger partial charge in [-0.1, -0.05) is 0 Å². The van der Waals surface area contributed by atoms with E-state index in [1.165, 1.54) is 0 Å². The quantitative estimate of drug-likeness (QED) is 0.520. The molecule has 0 unspecified atom stereocenters. The molecule has 0 aromatic carbocycles. The van der Waals surface area contributed by atoms with Crippen LogP contribution in [0.25, 0.3) is 6.08 Å². The van der Waals surface area contributed by atoms with Crippen LogP contribution in [0.5, 0.6) is 0 Å². The molecule has 3 nitrogen and oxygen atoms in total. The van der Waals surface area contributed by atoms with Crippen molar-refractivity contribution in [2.75, 3.05) is 0 Å². The number of aromatic nitrogens is 2. The zero-order chi connectivity index (χ0) is 8.55. The molecule has 0 fully saturated rings. The molecule has 2 rings (SSSR count). The van der Waals surface area contributed by atoms with Gasteiger partial charge in [0.05, 0.1) is 17.7 Å². The minimum absolute atomic E-state index is 0. The predicted octanol–water partition coefficient (Wildman–Crippen LogP) is -1.35. The van der Waals surface area contributed by atoms with E-state index in [1.54, 1.807) is 4.68 Å². The summed E-state index contributed by atoms with van der Waals surface area (Å²) in [6.45, 7) is 3.97. The first-order valence-electron chi connectivity index (χ1n) is 3.88. The first-order chi connectivity index (χ1) is 5.75. The van der Waals surface area contributed by atoms with Crippen LogP contribution >= 0.6 is 0 Å². The molecule has 1 aliphatic rings. The maximum absolute atomic E-state index is 4.29. The van der Waals surface area contributed by atoms with Gasteiger partial charge >= 0.3 is 58.2 Å². The fourth-order valence-corrected chi connectivity index (χ4v) is 1.11. The monoisotopic (exact) mass is 245 g/mol. The van der Waals surface area contributed by atoms with Crippen molar-refractivity contribution in [2.45, 2.75) is 13.8 Å². The van der Waals surface area contributed by atoms with Crippen molar-refractivity contribution in [1.82, 2.24) is 9.66 Å². The second-order valence-electron chi connectivity index (χ2n) is 2.91. The molecule has 0 N–H and O–H groups in total. The molecule has 0 saturated heterocycles.